The summed E-state index contributed by atoms with van der Waals surface area (Å²) in [4.78, 5) is 29.3. The molecule has 6 heteroatoms. The number of hydrogen-bond acceptors (Lipinski definition) is 3. The molecule has 4 rings (SSSR count). The zero-order chi connectivity index (χ0) is 18.8. The molecule has 27 heavy (non-hydrogen) atoms. The van der Waals surface area contributed by atoms with Crippen LogP contribution in [-0.2, 0) is 17.6 Å². The second kappa shape index (κ2) is 7.80. The smallest absolute Gasteiger partial charge is 0.263 e. The van der Waals surface area contributed by atoms with E-state index in [0.717, 1.165) is 49.2 Å². The summed E-state index contributed by atoms with van der Waals surface area (Å²) in [5, 5.41) is 2.87. The highest BCUT2D eigenvalue weighted by Crippen LogP contribution is 2.34. The van der Waals surface area contributed by atoms with Gasteiger partial charge in [-0.2, -0.15) is 0 Å². The van der Waals surface area contributed by atoms with Crippen molar-refractivity contribution in [3.8, 4) is 0 Å². The van der Waals surface area contributed by atoms with Crippen LogP contribution in [0, 0.1) is 11.7 Å². The van der Waals surface area contributed by atoms with Crippen LogP contribution < -0.4 is 5.32 Å². The molecule has 0 unspecified atom stereocenters. The van der Waals surface area contributed by atoms with Gasteiger partial charge in [-0.3, -0.25) is 9.59 Å². The molecule has 1 aliphatic heterocycles. The number of anilines is 1. The molecule has 1 aliphatic carbocycles. The predicted octanol–water partition coefficient (Wildman–Crippen LogP) is 4.26. The SMILES string of the molecule is O=C(Nc1ccc(F)cc1)[C@H]1CCc2sc(C(=O)N3CCCCC3)cc2C1. The minimum Gasteiger partial charge on any atom is -0.338 e. The number of fused-ring (bicyclic) bond motifs is 1. The first-order valence-corrected chi connectivity index (χ1v) is 10.4. The molecule has 2 aromatic rings. The van der Waals surface area contributed by atoms with Crippen LogP contribution in [0.1, 0.15) is 45.8 Å². The van der Waals surface area contributed by atoms with E-state index in [0.29, 0.717) is 12.1 Å². The van der Waals surface area contributed by atoms with E-state index in [-0.39, 0.29) is 23.5 Å². The highest BCUT2D eigenvalue weighted by Gasteiger charge is 2.29. The third-order valence-electron chi connectivity index (χ3n) is 5.42. The first-order chi connectivity index (χ1) is 13.1. The number of benzene rings is 1. The van der Waals surface area contributed by atoms with Crippen LogP contribution in [0.2, 0.25) is 0 Å². The van der Waals surface area contributed by atoms with Gasteiger partial charge < -0.3 is 10.2 Å². The van der Waals surface area contributed by atoms with Crippen molar-refractivity contribution in [3.05, 3.63) is 51.5 Å². The van der Waals surface area contributed by atoms with Crippen molar-refractivity contribution >= 4 is 28.8 Å². The quantitative estimate of drug-likeness (QED) is 0.857. The summed E-state index contributed by atoms with van der Waals surface area (Å²) >= 11 is 1.59. The number of piperidine rings is 1. The van der Waals surface area contributed by atoms with E-state index in [2.05, 4.69) is 5.32 Å². The van der Waals surface area contributed by atoms with Gasteiger partial charge in [0.15, 0.2) is 0 Å². The molecule has 2 heterocycles. The lowest BCUT2D eigenvalue weighted by molar-refractivity contribution is -0.120. The summed E-state index contributed by atoms with van der Waals surface area (Å²) in [5.74, 6) is -0.335. The summed E-state index contributed by atoms with van der Waals surface area (Å²) in [7, 11) is 0. The van der Waals surface area contributed by atoms with Crippen molar-refractivity contribution in [1.82, 2.24) is 4.90 Å². The summed E-state index contributed by atoms with van der Waals surface area (Å²) in [6, 6.07) is 7.81. The first-order valence-electron chi connectivity index (χ1n) is 9.57. The van der Waals surface area contributed by atoms with Crippen LogP contribution in [0.5, 0.6) is 0 Å². The van der Waals surface area contributed by atoms with Crippen molar-refractivity contribution in [2.24, 2.45) is 5.92 Å². The summed E-state index contributed by atoms with van der Waals surface area (Å²) < 4.78 is 13.0. The van der Waals surface area contributed by atoms with Crippen LogP contribution in [-0.4, -0.2) is 29.8 Å². The maximum absolute atomic E-state index is 13.0. The molecule has 1 atom stereocenters. The van der Waals surface area contributed by atoms with E-state index in [1.807, 2.05) is 11.0 Å². The largest absolute Gasteiger partial charge is 0.338 e. The number of thiophene rings is 1. The van der Waals surface area contributed by atoms with Crippen LogP contribution >= 0.6 is 11.3 Å². The number of hydrogen-bond donors (Lipinski definition) is 1. The monoisotopic (exact) mass is 386 g/mol. The second-order valence-corrected chi connectivity index (χ2v) is 8.48. The van der Waals surface area contributed by atoms with Crippen molar-refractivity contribution < 1.29 is 14.0 Å². The summed E-state index contributed by atoms with van der Waals surface area (Å²) in [5.41, 5.74) is 1.74. The van der Waals surface area contributed by atoms with E-state index >= 15 is 0 Å². The molecule has 0 bridgehead atoms. The van der Waals surface area contributed by atoms with Crippen LogP contribution in [0.25, 0.3) is 0 Å². The standard InChI is InChI=1S/C21H23FN2O2S/c22-16-5-7-17(8-6-16)23-20(25)14-4-9-18-15(12-14)13-19(27-18)21(26)24-10-2-1-3-11-24/h5-8,13-14H,1-4,9-12H2,(H,23,25)/t14-/m0/s1. The number of nitrogens with one attached hydrogen (secondary N) is 1. The van der Waals surface area contributed by atoms with Gasteiger partial charge in [-0.15, -0.1) is 11.3 Å². The Hall–Kier alpha value is -2.21. The van der Waals surface area contributed by atoms with Crippen molar-refractivity contribution in [1.29, 1.82) is 0 Å². The van der Waals surface area contributed by atoms with Crippen LogP contribution in [0.3, 0.4) is 0 Å². The van der Waals surface area contributed by atoms with E-state index in [9.17, 15) is 14.0 Å². The zero-order valence-electron chi connectivity index (χ0n) is 15.2. The Morgan fingerprint density at radius 1 is 1.11 bits per heavy atom. The molecule has 2 aliphatic rings. The second-order valence-electron chi connectivity index (χ2n) is 7.35. The van der Waals surface area contributed by atoms with Crippen LogP contribution in [0.15, 0.2) is 30.3 Å². The molecular weight excluding hydrogens is 363 g/mol. The molecular formula is C21H23FN2O2S. The third kappa shape index (κ3) is 4.05. The third-order valence-corrected chi connectivity index (χ3v) is 6.64. The maximum Gasteiger partial charge on any atom is 0.263 e. The molecule has 1 fully saturated rings. The molecule has 1 aromatic carbocycles. The van der Waals surface area contributed by atoms with Gasteiger partial charge in [0, 0.05) is 29.6 Å². The fourth-order valence-corrected chi connectivity index (χ4v) is 5.06. The molecule has 1 aromatic heterocycles. The predicted molar refractivity (Wildman–Crippen MR) is 105 cm³/mol. The summed E-state index contributed by atoms with van der Waals surface area (Å²) in [6.07, 6.45) is 5.64. The number of halogens is 1. The molecule has 142 valence electrons. The Labute approximate surface area is 162 Å². The Balaban J connectivity index is 1.42. The molecule has 0 radical (unpaired) electrons. The normalized spacial score (nSPS) is 19.4. The number of amides is 2. The number of carbonyl (C=O) groups excluding carboxylic acids is 2. The van der Waals surface area contributed by atoms with Crippen molar-refractivity contribution in [3.63, 3.8) is 0 Å². The first kappa shape index (κ1) is 18.2. The van der Waals surface area contributed by atoms with Crippen LogP contribution in [0.4, 0.5) is 10.1 Å². The Kier molecular flexibility index (Phi) is 5.25. The number of aryl methyl sites for hydroxylation is 1. The lowest BCUT2D eigenvalue weighted by Gasteiger charge is -2.26. The van der Waals surface area contributed by atoms with Gasteiger partial charge in [0.25, 0.3) is 5.91 Å². The molecule has 1 saturated heterocycles. The van der Waals surface area contributed by atoms with Gasteiger partial charge in [-0.25, -0.2) is 4.39 Å². The number of carbonyl (C=O) groups is 2. The van der Waals surface area contributed by atoms with Gasteiger partial charge in [0.1, 0.15) is 5.82 Å². The zero-order valence-corrected chi connectivity index (χ0v) is 16.0. The van der Waals surface area contributed by atoms with Gasteiger partial charge in [-0.1, -0.05) is 0 Å². The van der Waals surface area contributed by atoms with Gasteiger partial charge in [-0.05, 0) is 74.4 Å². The van der Waals surface area contributed by atoms with Crippen molar-refractivity contribution in [2.75, 3.05) is 18.4 Å². The fourth-order valence-electron chi connectivity index (χ4n) is 3.88. The fraction of sp³-hybridized carbons (Fsp3) is 0.429. The summed E-state index contributed by atoms with van der Waals surface area (Å²) in [6.45, 7) is 1.70. The van der Waals surface area contributed by atoms with E-state index in [1.54, 1.807) is 23.5 Å². The molecule has 0 spiro atoms. The highest BCUT2D eigenvalue weighted by atomic mass is 32.1. The van der Waals surface area contributed by atoms with Gasteiger partial charge in [0.2, 0.25) is 5.91 Å². The Morgan fingerprint density at radius 2 is 1.85 bits per heavy atom. The lowest BCUT2D eigenvalue weighted by atomic mass is 9.87. The van der Waals surface area contributed by atoms with Gasteiger partial charge >= 0.3 is 0 Å². The van der Waals surface area contributed by atoms with Gasteiger partial charge in [0.05, 0.1) is 4.88 Å². The Bertz CT molecular complexity index is 840. The number of rotatable bonds is 3. The molecule has 1 N–H and O–H groups in total. The topological polar surface area (TPSA) is 49.4 Å². The average Bonchev–Trinajstić information content (AvgIpc) is 3.13. The minimum absolute atomic E-state index is 0.0395. The van der Waals surface area contributed by atoms with E-state index in [1.165, 1.54) is 23.4 Å². The minimum atomic E-state index is -0.320. The van der Waals surface area contributed by atoms with Crippen molar-refractivity contribution in [2.45, 2.75) is 38.5 Å². The number of likely N-dealkylation sites (tertiary alicyclic amines) is 1. The molecule has 4 nitrogen and oxygen atoms in total. The average molecular weight is 386 g/mol. The Morgan fingerprint density at radius 3 is 2.59 bits per heavy atom. The highest BCUT2D eigenvalue weighted by molar-refractivity contribution is 7.14. The molecule has 0 saturated carbocycles. The van der Waals surface area contributed by atoms with E-state index < -0.39 is 0 Å². The number of nitrogens with zero attached hydrogens (tertiary/aromatic N) is 1. The van der Waals surface area contributed by atoms with E-state index in [4.69, 9.17) is 0 Å². The molecule has 2 amide bonds. The maximum atomic E-state index is 13.0. The lowest BCUT2D eigenvalue weighted by Crippen LogP contribution is -2.35.